The summed E-state index contributed by atoms with van der Waals surface area (Å²) in [5.74, 6) is 0. The van der Waals surface area contributed by atoms with E-state index in [9.17, 15) is 0 Å². The number of nitriles is 2. The summed E-state index contributed by atoms with van der Waals surface area (Å²) in [6, 6.07) is 10.1. The smallest absolute Gasteiger partial charge is 0.107 e. The van der Waals surface area contributed by atoms with Gasteiger partial charge in [-0.1, -0.05) is 24.6 Å². The first-order valence-corrected chi connectivity index (χ1v) is 7.03. The second-order valence-electron chi connectivity index (χ2n) is 4.56. The van der Waals surface area contributed by atoms with E-state index in [0.29, 0.717) is 5.02 Å². The zero-order valence-electron chi connectivity index (χ0n) is 11.9. The van der Waals surface area contributed by atoms with Crippen molar-refractivity contribution >= 4 is 17.3 Å². The van der Waals surface area contributed by atoms with Crippen LogP contribution in [0.4, 0.5) is 5.69 Å². The quantitative estimate of drug-likeness (QED) is 0.783. The van der Waals surface area contributed by atoms with Crippen molar-refractivity contribution in [2.75, 3.05) is 24.5 Å². The molecule has 106 valence electrons. The summed E-state index contributed by atoms with van der Waals surface area (Å²) in [6.45, 7) is 5.46. The van der Waals surface area contributed by atoms with E-state index in [2.05, 4.69) is 19.2 Å². The Balaban J connectivity index is 2.92. The number of benzene rings is 1. The highest BCUT2D eigenvalue weighted by atomic mass is 35.5. The van der Waals surface area contributed by atoms with E-state index < -0.39 is 0 Å². The molecule has 0 amide bonds. The van der Waals surface area contributed by atoms with Gasteiger partial charge in [0.1, 0.15) is 13.1 Å². The van der Waals surface area contributed by atoms with Crippen LogP contribution >= 0.6 is 11.6 Å². The molecular formula is C15H19ClN4. The van der Waals surface area contributed by atoms with Crippen LogP contribution in [0.25, 0.3) is 0 Å². The van der Waals surface area contributed by atoms with Gasteiger partial charge in [-0.05, 0) is 37.6 Å². The van der Waals surface area contributed by atoms with Crippen molar-refractivity contribution in [1.29, 1.82) is 10.5 Å². The number of anilines is 1. The second kappa shape index (κ2) is 8.43. The monoisotopic (exact) mass is 290 g/mol. The van der Waals surface area contributed by atoms with Gasteiger partial charge in [-0.2, -0.15) is 10.5 Å². The zero-order valence-corrected chi connectivity index (χ0v) is 12.6. The number of nitrogens with one attached hydrogen (secondary N) is 1. The summed E-state index contributed by atoms with van der Waals surface area (Å²) in [4.78, 5) is 1.66. The van der Waals surface area contributed by atoms with Crippen LogP contribution in [0.15, 0.2) is 18.2 Å². The highest BCUT2D eigenvalue weighted by Crippen LogP contribution is 2.28. The molecule has 0 saturated carbocycles. The Hall–Kier alpha value is -1.75. The number of hydrogen-bond donors (Lipinski definition) is 1. The summed E-state index contributed by atoms with van der Waals surface area (Å²) in [7, 11) is 0. The largest absolute Gasteiger partial charge is 0.344 e. The first kappa shape index (κ1) is 16.3. The van der Waals surface area contributed by atoms with Crippen molar-refractivity contribution < 1.29 is 0 Å². The lowest BCUT2D eigenvalue weighted by Gasteiger charge is -2.21. The Bertz CT molecular complexity index is 500. The predicted octanol–water partition coefficient (Wildman–Crippen LogP) is 3.25. The van der Waals surface area contributed by atoms with Crippen molar-refractivity contribution in [3.05, 3.63) is 28.8 Å². The van der Waals surface area contributed by atoms with Gasteiger partial charge in [0.2, 0.25) is 0 Å². The summed E-state index contributed by atoms with van der Waals surface area (Å²) in [5, 5.41) is 21.6. The van der Waals surface area contributed by atoms with E-state index in [1.54, 1.807) is 4.90 Å². The van der Waals surface area contributed by atoms with Crippen LogP contribution in [-0.2, 0) is 0 Å². The van der Waals surface area contributed by atoms with Crippen LogP contribution in [-0.4, -0.2) is 19.6 Å². The summed E-state index contributed by atoms with van der Waals surface area (Å²) < 4.78 is 0. The van der Waals surface area contributed by atoms with Crippen molar-refractivity contribution in [2.24, 2.45) is 0 Å². The molecule has 20 heavy (non-hydrogen) atoms. The third-order valence-corrected chi connectivity index (χ3v) is 3.34. The van der Waals surface area contributed by atoms with Gasteiger partial charge in [0.25, 0.3) is 0 Å². The fourth-order valence-electron chi connectivity index (χ4n) is 1.92. The van der Waals surface area contributed by atoms with Crippen LogP contribution in [0.3, 0.4) is 0 Å². The molecule has 0 heterocycles. The van der Waals surface area contributed by atoms with Crippen molar-refractivity contribution in [3.8, 4) is 12.1 Å². The van der Waals surface area contributed by atoms with Gasteiger partial charge in [0.15, 0.2) is 0 Å². The van der Waals surface area contributed by atoms with E-state index >= 15 is 0 Å². The first-order valence-electron chi connectivity index (χ1n) is 6.65. The second-order valence-corrected chi connectivity index (χ2v) is 4.97. The molecule has 0 fully saturated rings. The van der Waals surface area contributed by atoms with Gasteiger partial charge < -0.3 is 10.2 Å². The Morgan fingerprint density at radius 3 is 2.45 bits per heavy atom. The lowest BCUT2D eigenvalue weighted by atomic mass is 10.1. The fraction of sp³-hybridized carbons (Fsp3) is 0.467. The van der Waals surface area contributed by atoms with E-state index in [-0.39, 0.29) is 19.1 Å². The standard InChI is InChI=1S/C15H19ClN4/c1-3-8-19-12(2)13-4-5-15(14(16)11-13)20(9-6-17)10-7-18/h4-5,11-12,19H,3,8-10H2,1-2H3. The first-order chi connectivity index (χ1) is 9.63. The van der Waals surface area contributed by atoms with Crippen molar-refractivity contribution in [3.63, 3.8) is 0 Å². The van der Waals surface area contributed by atoms with Gasteiger partial charge in [0, 0.05) is 6.04 Å². The molecule has 0 aliphatic carbocycles. The minimum atomic E-state index is 0.149. The molecule has 1 unspecified atom stereocenters. The maximum absolute atomic E-state index is 8.80. The summed E-state index contributed by atoms with van der Waals surface area (Å²) in [5.41, 5.74) is 1.82. The normalized spacial score (nSPS) is 11.4. The Morgan fingerprint density at radius 1 is 1.30 bits per heavy atom. The number of nitrogens with zero attached hydrogens (tertiary/aromatic N) is 3. The van der Waals surface area contributed by atoms with E-state index in [1.807, 2.05) is 30.3 Å². The Morgan fingerprint density at radius 2 is 1.95 bits per heavy atom. The van der Waals surface area contributed by atoms with Gasteiger partial charge in [-0.25, -0.2) is 0 Å². The number of hydrogen-bond acceptors (Lipinski definition) is 4. The highest BCUT2D eigenvalue weighted by molar-refractivity contribution is 6.33. The zero-order chi connectivity index (χ0) is 15.0. The average molecular weight is 291 g/mol. The number of rotatable bonds is 7. The molecule has 4 nitrogen and oxygen atoms in total. The minimum absolute atomic E-state index is 0.149. The molecule has 0 radical (unpaired) electrons. The molecule has 1 N–H and O–H groups in total. The van der Waals surface area contributed by atoms with Gasteiger partial charge >= 0.3 is 0 Å². The van der Waals surface area contributed by atoms with E-state index in [1.165, 1.54) is 0 Å². The summed E-state index contributed by atoms with van der Waals surface area (Å²) in [6.07, 6.45) is 1.08. The SMILES string of the molecule is CCCNC(C)c1ccc(N(CC#N)CC#N)c(Cl)c1. The van der Waals surface area contributed by atoms with Crippen molar-refractivity contribution in [2.45, 2.75) is 26.3 Å². The molecule has 0 spiro atoms. The van der Waals surface area contributed by atoms with Crippen LogP contribution in [0, 0.1) is 22.7 Å². The molecule has 0 aromatic heterocycles. The van der Waals surface area contributed by atoms with E-state index in [4.69, 9.17) is 22.1 Å². The molecular weight excluding hydrogens is 272 g/mol. The molecule has 0 bridgehead atoms. The van der Waals surface area contributed by atoms with Gasteiger partial charge in [-0.15, -0.1) is 0 Å². The fourth-order valence-corrected chi connectivity index (χ4v) is 2.23. The predicted molar refractivity (Wildman–Crippen MR) is 81.6 cm³/mol. The molecule has 5 heteroatoms. The van der Waals surface area contributed by atoms with Gasteiger partial charge in [0.05, 0.1) is 22.8 Å². The van der Waals surface area contributed by atoms with E-state index in [0.717, 1.165) is 24.2 Å². The Kier molecular flexibility index (Phi) is 6.87. The molecule has 1 aromatic rings. The maximum Gasteiger partial charge on any atom is 0.107 e. The molecule has 1 atom stereocenters. The summed E-state index contributed by atoms with van der Waals surface area (Å²) >= 11 is 6.29. The maximum atomic E-state index is 8.80. The molecule has 0 saturated heterocycles. The average Bonchev–Trinajstić information content (AvgIpc) is 2.44. The lowest BCUT2D eigenvalue weighted by molar-refractivity contribution is 0.571. The lowest BCUT2D eigenvalue weighted by Crippen LogP contribution is -2.24. The Labute approximate surface area is 125 Å². The number of halogens is 1. The molecule has 0 aliphatic rings. The molecule has 0 aliphatic heterocycles. The van der Waals surface area contributed by atoms with Gasteiger partial charge in [-0.3, -0.25) is 0 Å². The third-order valence-electron chi connectivity index (χ3n) is 3.04. The van der Waals surface area contributed by atoms with Crippen LogP contribution < -0.4 is 10.2 Å². The molecule has 1 aromatic carbocycles. The minimum Gasteiger partial charge on any atom is -0.344 e. The van der Waals surface area contributed by atoms with Crippen molar-refractivity contribution in [1.82, 2.24) is 5.32 Å². The highest BCUT2D eigenvalue weighted by Gasteiger charge is 2.12. The van der Waals surface area contributed by atoms with Crippen LogP contribution in [0.5, 0.6) is 0 Å². The van der Waals surface area contributed by atoms with Crippen LogP contribution in [0.2, 0.25) is 5.02 Å². The molecule has 1 rings (SSSR count). The topological polar surface area (TPSA) is 62.9 Å². The van der Waals surface area contributed by atoms with Crippen LogP contribution in [0.1, 0.15) is 31.9 Å². The third kappa shape index (κ3) is 4.42.